The van der Waals surface area contributed by atoms with E-state index in [9.17, 15) is 9.59 Å². The molecule has 1 unspecified atom stereocenters. The highest BCUT2D eigenvalue weighted by atomic mass is 16.5. The second-order valence-electron chi connectivity index (χ2n) is 8.16. The van der Waals surface area contributed by atoms with E-state index in [1.165, 1.54) is 0 Å². The van der Waals surface area contributed by atoms with Crippen molar-refractivity contribution in [3.8, 4) is 5.75 Å². The Morgan fingerprint density at radius 2 is 1.55 bits per heavy atom. The Balaban J connectivity index is 1.87. The lowest BCUT2D eigenvalue weighted by molar-refractivity contribution is -0.142. The van der Waals surface area contributed by atoms with E-state index in [0.29, 0.717) is 25.3 Å². The van der Waals surface area contributed by atoms with Gasteiger partial charge in [-0.25, -0.2) is 0 Å². The zero-order valence-corrected chi connectivity index (χ0v) is 19.6. The monoisotopic (exact) mass is 444 g/mol. The predicted molar refractivity (Wildman–Crippen MR) is 131 cm³/mol. The summed E-state index contributed by atoms with van der Waals surface area (Å²) in [6, 6.07) is 24.7. The van der Waals surface area contributed by atoms with Gasteiger partial charge in [0, 0.05) is 19.5 Å². The van der Waals surface area contributed by atoms with Gasteiger partial charge in [-0.15, -0.1) is 0 Å². The standard InChI is InChI=1S/C28H32N2O3/c1-4-29-28(32)25(18-23-11-7-5-8-12-23)30(19-24-13-9-6-10-14-24)27(31)20-33-26-16-15-21(2)17-22(26)3/h5-17,25H,4,18-20H2,1-3H3,(H,29,32). The molecule has 3 rings (SSSR count). The number of aryl methyl sites for hydroxylation is 2. The molecule has 0 heterocycles. The Labute approximate surface area is 196 Å². The van der Waals surface area contributed by atoms with Gasteiger partial charge in [0.2, 0.25) is 5.91 Å². The summed E-state index contributed by atoms with van der Waals surface area (Å²) in [5, 5.41) is 2.90. The third-order valence-corrected chi connectivity index (χ3v) is 5.50. The number of carbonyl (C=O) groups excluding carboxylic acids is 2. The van der Waals surface area contributed by atoms with Crippen molar-refractivity contribution in [2.45, 2.75) is 39.8 Å². The lowest BCUT2D eigenvalue weighted by Crippen LogP contribution is -2.51. The first-order valence-electron chi connectivity index (χ1n) is 11.3. The van der Waals surface area contributed by atoms with Gasteiger partial charge in [0.25, 0.3) is 5.91 Å². The number of likely N-dealkylation sites (N-methyl/N-ethyl adjacent to an activating group) is 1. The fraction of sp³-hybridized carbons (Fsp3) is 0.286. The van der Waals surface area contributed by atoms with E-state index >= 15 is 0 Å². The van der Waals surface area contributed by atoms with Crippen molar-refractivity contribution in [3.63, 3.8) is 0 Å². The third-order valence-electron chi connectivity index (χ3n) is 5.50. The molecule has 5 nitrogen and oxygen atoms in total. The van der Waals surface area contributed by atoms with Gasteiger partial charge in [0.1, 0.15) is 11.8 Å². The molecular formula is C28H32N2O3. The highest BCUT2D eigenvalue weighted by Gasteiger charge is 2.30. The summed E-state index contributed by atoms with van der Waals surface area (Å²) >= 11 is 0. The molecule has 3 aromatic rings. The van der Waals surface area contributed by atoms with E-state index in [2.05, 4.69) is 5.32 Å². The average molecular weight is 445 g/mol. The number of nitrogens with one attached hydrogen (secondary N) is 1. The van der Waals surface area contributed by atoms with E-state index in [-0.39, 0.29) is 18.4 Å². The molecule has 0 aliphatic rings. The first-order valence-corrected chi connectivity index (χ1v) is 11.3. The Bertz CT molecular complexity index is 1050. The molecule has 0 aliphatic carbocycles. The maximum atomic E-state index is 13.5. The molecule has 0 aliphatic heterocycles. The van der Waals surface area contributed by atoms with E-state index in [0.717, 1.165) is 22.3 Å². The van der Waals surface area contributed by atoms with Crippen molar-refractivity contribution in [1.82, 2.24) is 10.2 Å². The second-order valence-corrected chi connectivity index (χ2v) is 8.16. The van der Waals surface area contributed by atoms with Crippen LogP contribution in [-0.4, -0.2) is 35.9 Å². The molecule has 5 heteroatoms. The first kappa shape index (κ1) is 24.1. The highest BCUT2D eigenvalue weighted by Crippen LogP contribution is 2.20. The molecular weight excluding hydrogens is 412 g/mol. The normalized spacial score (nSPS) is 11.5. The van der Waals surface area contributed by atoms with Crippen LogP contribution in [0.25, 0.3) is 0 Å². The molecule has 0 bridgehead atoms. The number of carbonyl (C=O) groups is 2. The summed E-state index contributed by atoms with van der Waals surface area (Å²) < 4.78 is 5.89. The van der Waals surface area contributed by atoms with Crippen molar-refractivity contribution in [2.75, 3.05) is 13.2 Å². The number of hydrogen-bond donors (Lipinski definition) is 1. The van der Waals surface area contributed by atoms with Gasteiger partial charge in [-0.2, -0.15) is 0 Å². The molecule has 33 heavy (non-hydrogen) atoms. The van der Waals surface area contributed by atoms with E-state index < -0.39 is 6.04 Å². The fourth-order valence-electron chi connectivity index (χ4n) is 3.81. The largest absolute Gasteiger partial charge is 0.483 e. The van der Waals surface area contributed by atoms with Crippen molar-refractivity contribution in [2.24, 2.45) is 0 Å². The van der Waals surface area contributed by atoms with Crippen LogP contribution in [-0.2, 0) is 22.6 Å². The molecule has 1 N–H and O–H groups in total. The van der Waals surface area contributed by atoms with Gasteiger partial charge >= 0.3 is 0 Å². The first-order chi connectivity index (χ1) is 16.0. The SMILES string of the molecule is CCNC(=O)C(Cc1ccccc1)N(Cc1ccccc1)C(=O)COc1ccc(C)cc1C. The summed E-state index contributed by atoms with van der Waals surface area (Å²) in [6.45, 7) is 6.54. The van der Waals surface area contributed by atoms with Crippen molar-refractivity contribution in [1.29, 1.82) is 0 Å². The number of nitrogens with zero attached hydrogens (tertiary/aromatic N) is 1. The topological polar surface area (TPSA) is 58.6 Å². The van der Waals surface area contributed by atoms with Crippen LogP contribution in [0, 0.1) is 13.8 Å². The fourth-order valence-corrected chi connectivity index (χ4v) is 3.81. The predicted octanol–water partition coefficient (Wildman–Crippen LogP) is 4.46. The number of amides is 2. The van der Waals surface area contributed by atoms with Crippen LogP contribution in [0.1, 0.15) is 29.2 Å². The Morgan fingerprint density at radius 3 is 2.15 bits per heavy atom. The zero-order chi connectivity index (χ0) is 23.6. The van der Waals surface area contributed by atoms with E-state index in [1.54, 1.807) is 4.90 Å². The van der Waals surface area contributed by atoms with Crippen LogP contribution >= 0.6 is 0 Å². The van der Waals surface area contributed by atoms with Gasteiger partial charge < -0.3 is 15.0 Å². The van der Waals surface area contributed by atoms with Crippen LogP contribution < -0.4 is 10.1 Å². The van der Waals surface area contributed by atoms with Crippen molar-refractivity contribution >= 4 is 11.8 Å². The Morgan fingerprint density at radius 1 is 0.909 bits per heavy atom. The molecule has 0 fully saturated rings. The smallest absolute Gasteiger partial charge is 0.261 e. The maximum absolute atomic E-state index is 13.5. The van der Waals surface area contributed by atoms with Crippen LogP contribution in [0.2, 0.25) is 0 Å². The van der Waals surface area contributed by atoms with E-state index in [4.69, 9.17) is 4.74 Å². The van der Waals surface area contributed by atoms with Crippen LogP contribution in [0.15, 0.2) is 78.9 Å². The minimum Gasteiger partial charge on any atom is -0.483 e. The molecule has 1 atom stereocenters. The summed E-state index contributed by atoms with van der Waals surface area (Å²) in [5.41, 5.74) is 4.06. The average Bonchev–Trinajstić information content (AvgIpc) is 2.82. The maximum Gasteiger partial charge on any atom is 0.261 e. The second kappa shape index (κ2) is 11.9. The minimum atomic E-state index is -0.650. The summed E-state index contributed by atoms with van der Waals surface area (Å²) in [6.07, 6.45) is 0.425. The lowest BCUT2D eigenvalue weighted by atomic mass is 10.0. The molecule has 0 radical (unpaired) electrons. The van der Waals surface area contributed by atoms with Gasteiger partial charge in [-0.1, -0.05) is 78.4 Å². The Kier molecular flexibility index (Phi) is 8.64. The van der Waals surface area contributed by atoms with Crippen LogP contribution in [0.3, 0.4) is 0 Å². The van der Waals surface area contributed by atoms with Crippen molar-refractivity contribution in [3.05, 3.63) is 101 Å². The van der Waals surface area contributed by atoms with Gasteiger partial charge in [-0.3, -0.25) is 9.59 Å². The molecule has 3 aromatic carbocycles. The third kappa shape index (κ3) is 6.94. The van der Waals surface area contributed by atoms with Crippen molar-refractivity contribution < 1.29 is 14.3 Å². The molecule has 0 saturated carbocycles. The highest BCUT2D eigenvalue weighted by molar-refractivity contribution is 5.88. The molecule has 0 saturated heterocycles. The zero-order valence-electron chi connectivity index (χ0n) is 19.6. The number of benzene rings is 3. The molecule has 0 aromatic heterocycles. The van der Waals surface area contributed by atoms with Crippen LogP contribution in [0.5, 0.6) is 5.75 Å². The van der Waals surface area contributed by atoms with Crippen LogP contribution in [0.4, 0.5) is 0 Å². The summed E-state index contributed by atoms with van der Waals surface area (Å²) in [4.78, 5) is 28.2. The quantitative estimate of drug-likeness (QED) is 0.502. The summed E-state index contributed by atoms with van der Waals surface area (Å²) in [5.74, 6) is 0.273. The van der Waals surface area contributed by atoms with Gasteiger partial charge in [-0.05, 0) is 43.5 Å². The number of hydrogen-bond acceptors (Lipinski definition) is 3. The van der Waals surface area contributed by atoms with Gasteiger partial charge in [0.05, 0.1) is 0 Å². The lowest BCUT2D eigenvalue weighted by Gasteiger charge is -2.31. The Hall–Kier alpha value is -3.60. The summed E-state index contributed by atoms with van der Waals surface area (Å²) in [7, 11) is 0. The van der Waals surface area contributed by atoms with E-state index in [1.807, 2.05) is 99.6 Å². The molecule has 0 spiro atoms. The van der Waals surface area contributed by atoms with Gasteiger partial charge in [0.15, 0.2) is 6.61 Å². The molecule has 2 amide bonds. The molecule has 172 valence electrons. The number of ether oxygens (including phenoxy) is 1. The number of rotatable bonds is 10. The minimum absolute atomic E-state index is 0.137.